The minimum absolute atomic E-state index is 0.0583. The highest BCUT2D eigenvalue weighted by atomic mass is 32.2. The number of nitro groups is 1. The number of nitrogens with zero attached hydrogens (tertiary/aromatic N) is 1. The number of rotatable bonds is 22. The average Bonchev–Trinajstić information content (AvgIpc) is 2.82. The van der Waals surface area contributed by atoms with Crippen LogP contribution in [-0.2, 0) is 0 Å². The quantitative estimate of drug-likeness (QED) is 0.0967. The molecule has 0 spiro atoms. The minimum atomic E-state index is -0.579. The van der Waals surface area contributed by atoms with E-state index in [2.05, 4.69) is 12.2 Å². The maximum absolute atomic E-state index is 12.1. The van der Waals surface area contributed by atoms with Gasteiger partial charge < -0.3 is 10.4 Å². The molecule has 6 nitrogen and oxygen atoms in total. The molecule has 0 radical (unpaired) electrons. The van der Waals surface area contributed by atoms with Gasteiger partial charge in [0.1, 0.15) is 5.75 Å². The van der Waals surface area contributed by atoms with Gasteiger partial charge in [-0.3, -0.25) is 14.9 Å². The third-order valence-corrected chi connectivity index (χ3v) is 7.18. The lowest BCUT2D eigenvalue weighted by atomic mass is 10.0. The molecule has 0 heterocycles. The molecule has 1 rings (SSSR count). The SMILES string of the molecule is CCCCCCCCCCCCCCCCCCSCCNC(=O)c1cc([N+](=O)[O-])ccc1O. The first kappa shape index (κ1) is 30.3. The van der Waals surface area contributed by atoms with Crippen LogP contribution in [0.4, 0.5) is 5.69 Å². The first-order valence-corrected chi connectivity index (χ1v) is 14.5. The highest BCUT2D eigenvalue weighted by molar-refractivity contribution is 7.99. The molecule has 34 heavy (non-hydrogen) atoms. The normalized spacial score (nSPS) is 11.0. The van der Waals surface area contributed by atoms with Gasteiger partial charge in [-0.1, -0.05) is 103 Å². The molecular formula is C27H46N2O4S. The van der Waals surface area contributed by atoms with Crippen LogP contribution >= 0.6 is 11.8 Å². The number of amides is 1. The van der Waals surface area contributed by atoms with Crippen LogP contribution in [0.5, 0.6) is 5.75 Å². The predicted molar refractivity (Wildman–Crippen MR) is 144 cm³/mol. The summed E-state index contributed by atoms with van der Waals surface area (Å²) in [6, 6.07) is 3.47. The molecule has 194 valence electrons. The van der Waals surface area contributed by atoms with Crippen molar-refractivity contribution in [2.24, 2.45) is 0 Å². The van der Waals surface area contributed by atoms with Crippen molar-refractivity contribution >= 4 is 23.4 Å². The molecule has 1 amide bonds. The number of benzene rings is 1. The summed E-state index contributed by atoms with van der Waals surface area (Å²) in [7, 11) is 0. The fourth-order valence-electron chi connectivity index (χ4n) is 4.01. The van der Waals surface area contributed by atoms with Crippen molar-refractivity contribution in [3.8, 4) is 5.75 Å². The van der Waals surface area contributed by atoms with Gasteiger partial charge in [0.15, 0.2) is 0 Å². The fraction of sp³-hybridized carbons (Fsp3) is 0.741. The molecule has 0 fully saturated rings. The van der Waals surface area contributed by atoms with Crippen molar-refractivity contribution in [2.75, 3.05) is 18.1 Å². The Balaban J connectivity index is 1.87. The van der Waals surface area contributed by atoms with Gasteiger partial charge >= 0.3 is 0 Å². The van der Waals surface area contributed by atoms with Crippen LogP contribution in [0, 0.1) is 10.1 Å². The Bertz CT molecular complexity index is 685. The van der Waals surface area contributed by atoms with E-state index in [4.69, 9.17) is 0 Å². The Morgan fingerprint density at radius 2 is 1.35 bits per heavy atom. The predicted octanol–water partition coefficient (Wildman–Crippen LogP) is 8.02. The molecule has 0 aliphatic rings. The molecule has 1 aromatic rings. The number of thioether (sulfide) groups is 1. The average molecular weight is 495 g/mol. The van der Waals surface area contributed by atoms with E-state index in [1.54, 1.807) is 11.8 Å². The molecule has 2 N–H and O–H groups in total. The number of nitrogens with one attached hydrogen (secondary N) is 1. The van der Waals surface area contributed by atoms with Crippen LogP contribution < -0.4 is 5.32 Å². The lowest BCUT2D eigenvalue weighted by Crippen LogP contribution is -2.26. The van der Waals surface area contributed by atoms with E-state index in [0.29, 0.717) is 6.54 Å². The minimum Gasteiger partial charge on any atom is -0.507 e. The number of aromatic hydroxyl groups is 1. The van der Waals surface area contributed by atoms with Gasteiger partial charge in [0.25, 0.3) is 11.6 Å². The Morgan fingerprint density at radius 3 is 1.85 bits per heavy atom. The fourth-order valence-corrected chi connectivity index (χ4v) is 4.86. The number of non-ortho nitro benzene ring substituents is 1. The van der Waals surface area contributed by atoms with E-state index in [0.717, 1.165) is 17.6 Å². The Hall–Kier alpha value is -1.76. The van der Waals surface area contributed by atoms with Crippen LogP contribution in [0.3, 0.4) is 0 Å². The van der Waals surface area contributed by atoms with Crippen LogP contribution in [0.25, 0.3) is 0 Å². The molecule has 0 aliphatic carbocycles. The summed E-state index contributed by atoms with van der Waals surface area (Å²) in [5.74, 6) is 1.14. The summed E-state index contributed by atoms with van der Waals surface area (Å²) >= 11 is 1.80. The van der Waals surface area contributed by atoms with Crippen molar-refractivity contribution in [3.63, 3.8) is 0 Å². The molecule has 7 heteroatoms. The van der Waals surface area contributed by atoms with Gasteiger partial charge in [0.05, 0.1) is 10.5 Å². The van der Waals surface area contributed by atoms with Crippen LogP contribution in [0.2, 0.25) is 0 Å². The summed E-state index contributed by atoms with van der Waals surface area (Å²) in [6.07, 6.45) is 21.9. The van der Waals surface area contributed by atoms with E-state index in [1.165, 1.54) is 115 Å². The third-order valence-electron chi connectivity index (χ3n) is 6.11. The molecule has 0 unspecified atom stereocenters. The highest BCUT2D eigenvalue weighted by Gasteiger charge is 2.16. The summed E-state index contributed by atoms with van der Waals surface area (Å²) in [6.45, 7) is 2.75. The summed E-state index contributed by atoms with van der Waals surface area (Å²) in [5.41, 5.74) is -0.266. The van der Waals surface area contributed by atoms with E-state index >= 15 is 0 Å². The van der Waals surface area contributed by atoms with Gasteiger partial charge in [0, 0.05) is 24.4 Å². The molecular weight excluding hydrogens is 448 g/mol. The number of hydrogen-bond donors (Lipinski definition) is 2. The van der Waals surface area contributed by atoms with Gasteiger partial charge in [-0.05, 0) is 18.2 Å². The number of phenols is 1. The second kappa shape index (κ2) is 20.6. The number of nitro benzene ring substituents is 1. The monoisotopic (exact) mass is 494 g/mol. The van der Waals surface area contributed by atoms with Gasteiger partial charge in [-0.25, -0.2) is 0 Å². The second-order valence-electron chi connectivity index (χ2n) is 9.13. The van der Waals surface area contributed by atoms with E-state index in [-0.39, 0.29) is 17.0 Å². The van der Waals surface area contributed by atoms with E-state index in [1.807, 2.05) is 0 Å². The van der Waals surface area contributed by atoms with Crippen molar-refractivity contribution in [1.29, 1.82) is 0 Å². The van der Waals surface area contributed by atoms with Crippen LogP contribution in [-0.4, -0.2) is 34.0 Å². The summed E-state index contributed by atoms with van der Waals surface area (Å²) < 4.78 is 0. The molecule has 0 aliphatic heterocycles. The molecule has 1 aromatic carbocycles. The number of carbonyl (C=O) groups is 1. The lowest BCUT2D eigenvalue weighted by molar-refractivity contribution is -0.384. The first-order valence-electron chi connectivity index (χ1n) is 13.4. The Kier molecular flexibility index (Phi) is 18.3. The zero-order valence-electron chi connectivity index (χ0n) is 21.2. The molecule has 0 atom stereocenters. The first-order chi connectivity index (χ1) is 16.6. The maximum atomic E-state index is 12.1. The molecule has 0 saturated carbocycles. The van der Waals surface area contributed by atoms with Gasteiger partial charge in [0.2, 0.25) is 0 Å². The number of hydrogen-bond acceptors (Lipinski definition) is 5. The van der Waals surface area contributed by atoms with Crippen LogP contribution in [0.15, 0.2) is 18.2 Å². The topological polar surface area (TPSA) is 92.5 Å². The number of carbonyl (C=O) groups excluding carboxylic acids is 1. The van der Waals surface area contributed by atoms with Crippen molar-refractivity contribution in [2.45, 2.75) is 110 Å². The summed E-state index contributed by atoms with van der Waals surface area (Å²) in [4.78, 5) is 22.4. The van der Waals surface area contributed by atoms with Gasteiger partial charge in [-0.2, -0.15) is 11.8 Å². The van der Waals surface area contributed by atoms with Crippen molar-refractivity contribution in [1.82, 2.24) is 5.32 Å². The number of phenolic OH excluding ortho intramolecular Hbond substituents is 1. The second-order valence-corrected chi connectivity index (χ2v) is 10.4. The standard InChI is InChI=1S/C27H46N2O4S/c1-2-3-4-5-6-7-8-9-10-11-12-13-14-15-16-17-21-34-22-20-28-27(31)25-23-24(29(32)33)18-19-26(25)30/h18-19,23,30H,2-17,20-22H2,1H3,(H,28,31). The largest absolute Gasteiger partial charge is 0.507 e. The van der Waals surface area contributed by atoms with Crippen molar-refractivity contribution in [3.05, 3.63) is 33.9 Å². The molecule has 0 bridgehead atoms. The van der Waals surface area contributed by atoms with E-state index in [9.17, 15) is 20.0 Å². The highest BCUT2D eigenvalue weighted by Crippen LogP contribution is 2.22. The third kappa shape index (κ3) is 15.2. The Labute approximate surface area is 210 Å². The molecule has 0 aromatic heterocycles. The molecule has 0 saturated heterocycles. The zero-order chi connectivity index (χ0) is 24.9. The van der Waals surface area contributed by atoms with Crippen LogP contribution in [0.1, 0.15) is 120 Å². The lowest BCUT2D eigenvalue weighted by Gasteiger charge is -2.07. The zero-order valence-corrected chi connectivity index (χ0v) is 22.0. The van der Waals surface area contributed by atoms with Crippen molar-refractivity contribution < 1.29 is 14.8 Å². The Morgan fingerprint density at radius 1 is 0.853 bits per heavy atom. The smallest absolute Gasteiger partial charge is 0.270 e. The summed E-state index contributed by atoms with van der Waals surface area (Å²) in [5, 5.41) is 23.3. The van der Waals surface area contributed by atoms with Gasteiger partial charge in [-0.15, -0.1) is 0 Å². The number of unbranched alkanes of at least 4 members (excludes halogenated alkanes) is 15. The maximum Gasteiger partial charge on any atom is 0.270 e. The van der Waals surface area contributed by atoms with E-state index < -0.39 is 10.8 Å².